The minimum atomic E-state index is -0.624. The summed E-state index contributed by atoms with van der Waals surface area (Å²) in [5, 5.41) is 13.7. The largest absolute Gasteiger partial charge is 0.496 e. The molecule has 3 nitrogen and oxygen atoms in total. The molecule has 0 spiro atoms. The molecule has 1 saturated heterocycles. The molecule has 2 rings (SSSR count). The summed E-state index contributed by atoms with van der Waals surface area (Å²) in [4.78, 5) is 0. The topological polar surface area (TPSA) is 41.5 Å². The first-order valence-electron chi connectivity index (χ1n) is 6.20. The Morgan fingerprint density at radius 2 is 2.29 bits per heavy atom. The molecule has 2 N–H and O–H groups in total. The van der Waals surface area contributed by atoms with Crippen molar-refractivity contribution >= 4 is 0 Å². The summed E-state index contributed by atoms with van der Waals surface area (Å²) in [5.74, 6) is 0.879. The third kappa shape index (κ3) is 2.99. The van der Waals surface area contributed by atoms with Crippen LogP contribution < -0.4 is 10.1 Å². The van der Waals surface area contributed by atoms with E-state index in [1.807, 2.05) is 13.0 Å². The van der Waals surface area contributed by atoms with Gasteiger partial charge in [-0.25, -0.2) is 0 Å². The zero-order valence-electron chi connectivity index (χ0n) is 10.6. The van der Waals surface area contributed by atoms with E-state index in [0.717, 1.165) is 30.7 Å². The molecule has 1 unspecified atom stereocenters. The number of ether oxygens (including phenoxy) is 1. The van der Waals surface area contributed by atoms with Crippen molar-refractivity contribution in [3.05, 3.63) is 29.3 Å². The van der Waals surface area contributed by atoms with Crippen LogP contribution in [-0.2, 0) is 6.42 Å². The fraction of sp³-hybridized carbons (Fsp3) is 0.571. The molecule has 0 aliphatic carbocycles. The number of hydrogen-bond acceptors (Lipinski definition) is 3. The highest BCUT2D eigenvalue weighted by molar-refractivity contribution is 5.38. The molecule has 0 radical (unpaired) electrons. The second-order valence-electron chi connectivity index (χ2n) is 5.00. The molecule has 0 amide bonds. The fourth-order valence-corrected chi connectivity index (χ4v) is 2.46. The van der Waals surface area contributed by atoms with Crippen LogP contribution in [0.15, 0.2) is 18.2 Å². The number of β-amino-alcohol motifs (C(OH)–C–C–N with tert-alkyl or cyclic N) is 1. The van der Waals surface area contributed by atoms with Crippen molar-refractivity contribution in [2.24, 2.45) is 0 Å². The van der Waals surface area contributed by atoms with Gasteiger partial charge < -0.3 is 15.2 Å². The molecule has 0 saturated carbocycles. The first-order chi connectivity index (χ1) is 8.13. The lowest BCUT2D eigenvalue weighted by atomic mass is 9.87. The lowest BCUT2D eigenvalue weighted by Crippen LogP contribution is -2.47. The Morgan fingerprint density at radius 1 is 1.47 bits per heavy atom. The monoisotopic (exact) mass is 235 g/mol. The predicted molar refractivity (Wildman–Crippen MR) is 68.5 cm³/mol. The molecule has 3 heteroatoms. The van der Waals surface area contributed by atoms with Crippen molar-refractivity contribution in [1.29, 1.82) is 0 Å². The van der Waals surface area contributed by atoms with Crippen molar-refractivity contribution in [2.45, 2.75) is 31.8 Å². The van der Waals surface area contributed by atoms with Gasteiger partial charge in [0.1, 0.15) is 5.75 Å². The molecule has 1 aromatic carbocycles. The number of piperidine rings is 1. The van der Waals surface area contributed by atoms with Crippen LogP contribution in [0, 0.1) is 6.92 Å². The summed E-state index contributed by atoms with van der Waals surface area (Å²) in [7, 11) is 1.68. The van der Waals surface area contributed by atoms with Crippen LogP contribution in [0.5, 0.6) is 5.75 Å². The second kappa shape index (κ2) is 5.07. The minimum Gasteiger partial charge on any atom is -0.496 e. The van der Waals surface area contributed by atoms with Crippen LogP contribution >= 0.6 is 0 Å². The number of aliphatic hydroxyl groups is 1. The van der Waals surface area contributed by atoms with Gasteiger partial charge in [-0.2, -0.15) is 0 Å². The Kier molecular flexibility index (Phi) is 3.69. The number of aryl methyl sites for hydroxylation is 1. The normalized spacial score (nSPS) is 24.6. The third-order valence-corrected chi connectivity index (χ3v) is 3.41. The van der Waals surface area contributed by atoms with Crippen molar-refractivity contribution in [3.8, 4) is 5.75 Å². The Bertz CT molecular complexity index is 384. The van der Waals surface area contributed by atoms with Crippen LogP contribution in [-0.4, -0.2) is 30.9 Å². The van der Waals surface area contributed by atoms with Gasteiger partial charge >= 0.3 is 0 Å². The Morgan fingerprint density at radius 3 is 2.94 bits per heavy atom. The molecule has 0 aromatic heterocycles. The summed E-state index contributed by atoms with van der Waals surface area (Å²) < 4.78 is 5.38. The second-order valence-corrected chi connectivity index (χ2v) is 5.00. The van der Waals surface area contributed by atoms with Crippen LogP contribution in [0.25, 0.3) is 0 Å². The zero-order valence-corrected chi connectivity index (χ0v) is 10.6. The molecule has 1 aliphatic heterocycles. The first kappa shape index (κ1) is 12.4. The number of methoxy groups -OCH3 is 1. The van der Waals surface area contributed by atoms with E-state index in [-0.39, 0.29) is 0 Å². The minimum absolute atomic E-state index is 0.624. The van der Waals surface area contributed by atoms with Gasteiger partial charge in [0, 0.05) is 13.0 Å². The summed E-state index contributed by atoms with van der Waals surface area (Å²) in [6.45, 7) is 3.72. The van der Waals surface area contributed by atoms with Crippen molar-refractivity contribution in [3.63, 3.8) is 0 Å². The van der Waals surface area contributed by atoms with E-state index in [1.165, 1.54) is 5.56 Å². The van der Waals surface area contributed by atoms with E-state index in [1.54, 1.807) is 7.11 Å². The average molecular weight is 235 g/mol. The number of benzene rings is 1. The van der Waals surface area contributed by atoms with Crippen LogP contribution in [0.4, 0.5) is 0 Å². The fourth-order valence-electron chi connectivity index (χ4n) is 2.46. The van der Waals surface area contributed by atoms with E-state index in [4.69, 9.17) is 4.74 Å². The number of rotatable bonds is 3. The highest BCUT2D eigenvalue weighted by Gasteiger charge is 2.30. The maximum Gasteiger partial charge on any atom is 0.122 e. The van der Waals surface area contributed by atoms with E-state index in [9.17, 15) is 5.11 Å². The molecule has 1 aromatic rings. The Balaban J connectivity index is 2.17. The molecule has 17 heavy (non-hydrogen) atoms. The smallest absolute Gasteiger partial charge is 0.122 e. The van der Waals surface area contributed by atoms with Gasteiger partial charge in [0.15, 0.2) is 0 Å². The summed E-state index contributed by atoms with van der Waals surface area (Å²) in [5.41, 5.74) is 1.64. The van der Waals surface area contributed by atoms with Gasteiger partial charge in [0.05, 0.1) is 12.7 Å². The van der Waals surface area contributed by atoms with Gasteiger partial charge in [-0.3, -0.25) is 0 Å². The standard InChI is InChI=1S/C14H21NO2/c1-11-4-5-12(13(8-11)17-2)9-14(16)6-3-7-15-10-14/h4-5,8,15-16H,3,6-7,9-10H2,1-2H3. The third-order valence-electron chi connectivity index (χ3n) is 3.41. The zero-order chi connectivity index (χ0) is 12.3. The van der Waals surface area contributed by atoms with Crippen molar-refractivity contribution in [2.75, 3.05) is 20.2 Å². The van der Waals surface area contributed by atoms with Crippen LogP contribution in [0.3, 0.4) is 0 Å². The van der Waals surface area contributed by atoms with Crippen molar-refractivity contribution in [1.82, 2.24) is 5.32 Å². The number of hydrogen-bond donors (Lipinski definition) is 2. The molecule has 94 valence electrons. The van der Waals surface area contributed by atoms with E-state index >= 15 is 0 Å². The van der Waals surface area contributed by atoms with E-state index in [2.05, 4.69) is 17.4 Å². The Labute approximate surface area is 103 Å². The molecule has 1 heterocycles. The van der Waals surface area contributed by atoms with Gasteiger partial charge in [0.2, 0.25) is 0 Å². The summed E-state index contributed by atoms with van der Waals surface area (Å²) >= 11 is 0. The van der Waals surface area contributed by atoms with Crippen LogP contribution in [0.1, 0.15) is 24.0 Å². The van der Waals surface area contributed by atoms with E-state index < -0.39 is 5.60 Å². The lowest BCUT2D eigenvalue weighted by molar-refractivity contribution is 0.0165. The quantitative estimate of drug-likeness (QED) is 0.837. The van der Waals surface area contributed by atoms with Crippen molar-refractivity contribution < 1.29 is 9.84 Å². The highest BCUT2D eigenvalue weighted by atomic mass is 16.5. The average Bonchev–Trinajstić information content (AvgIpc) is 2.32. The molecule has 1 atom stereocenters. The number of nitrogens with one attached hydrogen (secondary N) is 1. The van der Waals surface area contributed by atoms with Gasteiger partial charge in [-0.1, -0.05) is 12.1 Å². The highest BCUT2D eigenvalue weighted by Crippen LogP contribution is 2.27. The molecule has 0 bridgehead atoms. The maximum atomic E-state index is 10.5. The lowest BCUT2D eigenvalue weighted by Gasteiger charge is -2.33. The SMILES string of the molecule is COc1cc(C)ccc1CC1(O)CCCNC1. The molecular weight excluding hydrogens is 214 g/mol. The molecular formula is C14H21NO2. The molecule has 1 aliphatic rings. The summed E-state index contributed by atoms with van der Waals surface area (Å²) in [6.07, 6.45) is 2.55. The Hall–Kier alpha value is -1.06. The maximum absolute atomic E-state index is 10.5. The van der Waals surface area contributed by atoms with Gasteiger partial charge in [-0.15, -0.1) is 0 Å². The van der Waals surface area contributed by atoms with Gasteiger partial charge in [0.25, 0.3) is 0 Å². The van der Waals surface area contributed by atoms with Gasteiger partial charge in [-0.05, 0) is 43.5 Å². The van der Waals surface area contributed by atoms with E-state index in [0.29, 0.717) is 13.0 Å². The summed E-state index contributed by atoms with van der Waals surface area (Å²) in [6, 6.07) is 6.15. The predicted octanol–water partition coefficient (Wildman–Crippen LogP) is 1.66. The molecule has 1 fully saturated rings. The van der Waals surface area contributed by atoms with Crippen LogP contribution in [0.2, 0.25) is 0 Å². The first-order valence-corrected chi connectivity index (χ1v) is 6.20.